The molecule has 0 aromatic rings. The average Bonchev–Trinajstić information content (AvgIpc) is 3.03. The number of unbranched alkanes of at least 4 members (excludes halogenated alkanes) is 5. The van der Waals surface area contributed by atoms with E-state index in [4.69, 9.17) is 14.6 Å². The van der Waals surface area contributed by atoms with Gasteiger partial charge >= 0.3 is 5.97 Å². The van der Waals surface area contributed by atoms with Gasteiger partial charge in [0.15, 0.2) is 0 Å². The van der Waals surface area contributed by atoms with Crippen LogP contribution in [0, 0.1) is 11.8 Å². The zero-order valence-electron chi connectivity index (χ0n) is 16.1. The van der Waals surface area contributed by atoms with E-state index in [1.165, 1.54) is 38.5 Å². The van der Waals surface area contributed by atoms with Crippen molar-refractivity contribution in [2.75, 3.05) is 26.4 Å². The van der Waals surface area contributed by atoms with E-state index in [0.29, 0.717) is 11.8 Å². The van der Waals surface area contributed by atoms with Gasteiger partial charge in [-0.25, -0.2) is 0 Å². The summed E-state index contributed by atoms with van der Waals surface area (Å²) in [5.74, 6) is 0.599. The highest BCUT2D eigenvalue weighted by Gasteiger charge is 2.26. The highest BCUT2D eigenvalue weighted by molar-refractivity contribution is 5.66. The van der Waals surface area contributed by atoms with Crippen molar-refractivity contribution in [3.63, 3.8) is 0 Å². The maximum Gasteiger partial charge on any atom is 0.303 e. The van der Waals surface area contributed by atoms with Gasteiger partial charge in [0, 0.05) is 26.2 Å². The molecule has 0 saturated carbocycles. The second-order valence-electron chi connectivity index (χ2n) is 7.22. The molecule has 0 bridgehead atoms. The number of carbonyl (C=O) groups is 1. The third-order valence-corrected chi connectivity index (χ3v) is 4.95. The zero-order valence-corrected chi connectivity index (χ0v) is 16.1. The minimum absolute atomic E-state index is 0.264. The number of rotatable bonds is 16. The smallest absolute Gasteiger partial charge is 0.303 e. The summed E-state index contributed by atoms with van der Waals surface area (Å²) in [6.07, 6.45) is 16.0. The van der Waals surface area contributed by atoms with Crippen LogP contribution in [0.15, 0.2) is 12.2 Å². The first-order chi connectivity index (χ1) is 12.2. The molecule has 1 saturated heterocycles. The molecule has 1 N–H and O–H groups in total. The summed E-state index contributed by atoms with van der Waals surface area (Å²) in [5, 5.41) is 8.61. The molecule has 0 radical (unpaired) electrons. The monoisotopic (exact) mass is 354 g/mol. The number of carboxylic acid groups (broad SMARTS) is 1. The zero-order chi connectivity index (χ0) is 18.2. The Labute approximate surface area is 154 Å². The van der Waals surface area contributed by atoms with Crippen LogP contribution in [0.4, 0.5) is 0 Å². The highest BCUT2D eigenvalue weighted by Crippen LogP contribution is 2.28. The number of aliphatic carboxylic acids is 1. The normalized spacial score (nSPS) is 20.5. The molecule has 1 aliphatic rings. The molecule has 0 aromatic carbocycles. The average molecular weight is 355 g/mol. The lowest BCUT2D eigenvalue weighted by atomic mass is 9.88. The lowest BCUT2D eigenvalue weighted by Crippen LogP contribution is -2.12. The molecule has 1 rings (SSSR count). The van der Waals surface area contributed by atoms with Gasteiger partial charge in [-0.05, 0) is 50.4 Å². The molecule has 146 valence electrons. The summed E-state index contributed by atoms with van der Waals surface area (Å²) in [4.78, 5) is 10.5. The van der Waals surface area contributed by atoms with Gasteiger partial charge in [-0.15, -0.1) is 0 Å². The fourth-order valence-electron chi connectivity index (χ4n) is 3.33. The van der Waals surface area contributed by atoms with Gasteiger partial charge in [0.2, 0.25) is 0 Å². The Morgan fingerprint density at radius 3 is 2.56 bits per heavy atom. The van der Waals surface area contributed by atoms with E-state index in [1.807, 2.05) is 0 Å². The number of hydrogen-bond donors (Lipinski definition) is 1. The van der Waals surface area contributed by atoms with Crippen LogP contribution >= 0.6 is 0 Å². The van der Waals surface area contributed by atoms with E-state index in [0.717, 1.165) is 52.1 Å². The van der Waals surface area contributed by atoms with Crippen molar-refractivity contribution in [2.24, 2.45) is 11.8 Å². The molecule has 25 heavy (non-hydrogen) atoms. The van der Waals surface area contributed by atoms with Crippen molar-refractivity contribution in [3.05, 3.63) is 12.2 Å². The topological polar surface area (TPSA) is 55.8 Å². The molecule has 1 heterocycles. The lowest BCUT2D eigenvalue weighted by molar-refractivity contribution is -0.137. The second-order valence-corrected chi connectivity index (χ2v) is 7.22. The molecule has 1 aliphatic heterocycles. The van der Waals surface area contributed by atoms with E-state index in [2.05, 4.69) is 19.1 Å². The van der Waals surface area contributed by atoms with Gasteiger partial charge in [0.1, 0.15) is 0 Å². The van der Waals surface area contributed by atoms with Crippen LogP contribution in [-0.2, 0) is 14.3 Å². The fourth-order valence-corrected chi connectivity index (χ4v) is 3.33. The first-order valence-electron chi connectivity index (χ1n) is 10.3. The SMILES string of the molecule is CCCCCCOCCCC[C@@H]1COC[C@@H]1C/C=C\CCCC(=O)O. The van der Waals surface area contributed by atoms with Crippen LogP contribution in [0.2, 0.25) is 0 Å². The van der Waals surface area contributed by atoms with E-state index in [1.54, 1.807) is 0 Å². The first-order valence-corrected chi connectivity index (χ1v) is 10.3. The largest absolute Gasteiger partial charge is 0.481 e. The Morgan fingerprint density at radius 1 is 1.04 bits per heavy atom. The molecule has 4 nitrogen and oxygen atoms in total. The van der Waals surface area contributed by atoms with E-state index >= 15 is 0 Å². The fraction of sp³-hybridized carbons (Fsp3) is 0.857. The third-order valence-electron chi connectivity index (χ3n) is 4.95. The number of hydrogen-bond acceptors (Lipinski definition) is 3. The molecule has 1 fully saturated rings. The third kappa shape index (κ3) is 12.2. The summed E-state index contributed by atoms with van der Waals surface area (Å²) in [6, 6.07) is 0. The number of carboxylic acids is 1. The highest BCUT2D eigenvalue weighted by atomic mass is 16.5. The Morgan fingerprint density at radius 2 is 1.80 bits per heavy atom. The van der Waals surface area contributed by atoms with Gasteiger partial charge in [-0.3, -0.25) is 4.79 Å². The van der Waals surface area contributed by atoms with Gasteiger partial charge < -0.3 is 14.6 Å². The molecule has 0 spiro atoms. The summed E-state index contributed by atoms with van der Waals surface area (Å²) < 4.78 is 11.4. The molecule has 0 amide bonds. The predicted octanol–water partition coefficient (Wildman–Crippen LogP) is 5.22. The van der Waals surface area contributed by atoms with Crippen LogP contribution in [0.1, 0.15) is 77.6 Å². The number of allylic oxidation sites excluding steroid dienone is 2. The van der Waals surface area contributed by atoms with Crippen molar-refractivity contribution in [1.29, 1.82) is 0 Å². The maximum atomic E-state index is 10.5. The van der Waals surface area contributed by atoms with Crippen LogP contribution in [0.3, 0.4) is 0 Å². The maximum absolute atomic E-state index is 10.5. The van der Waals surface area contributed by atoms with Crippen molar-refractivity contribution in [3.8, 4) is 0 Å². The van der Waals surface area contributed by atoms with E-state index in [-0.39, 0.29) is 6.42 Å². The molecule has 0 aliphatic carbocycles. The van der Waals surface area contributed by atoms with E-state index in [9.17, 15) is 4.79 Å². The molecule has 0 aromatic heterocycles. The van der Waals surface area contributed by atoms with Gasteiger partial charge in [0.05, 0.1) is 6.61 Å². The predicted molar refractivity (Wildman–Crippen MR) is 102 cm³/mol. The van der Waals surface area contributed by atoms with Gasteiger partial charge in [-0.2, -0.15) is 0 Å². The van der Waals surface area contributed by atoms with Crippen LogP contribution in [0.5, 0.6) is 0 Å². The van der Waals surface area contributed by atoms with Crippen LogP contribution < -0.4 is 0 Å². The Balaban J connectivity index is 1.99. The summed E-state index contributed by atoms with van der Waals surface area (Å²) in [6.45, 7) is 5.82. The summed E-state index contributed by atoms with van der Waals surface area (Å²) in [5.41, 5.74) is 0. The van der Waals surface area contributed by atoms with Gasteiger partial charge in [-0.1, -0.05) is 44.8 Å². The Bertz CT molecular complexity index is 354. The standard InChI is InChI=1S/C21H38O4/c1-2-3-4-10-15-24-16-11-9-13-20-18-25-17-19(20)12-7-5-6-8-14-21(22)23/h5,7,19-20H,2-4,6,8-18H2,1H3,(H,22,23)/b7-5-/t19-,20+/m0/s1. The molecule has 4 heteroatoms. The molecular formula is C21H38O4. The summed E-state index contributed by atoms with van der Waals surface area (Å²) in [7, 11) is 0. The second kappa shape index (κ2) is 15.4. The van der Waals surface area contributed by atoms with Crippen LogP contribution in [-0.4, -0.2) is 37.5 Å². The van der Waals surface area contributed by atoms with Crippen LogP contribution in [0.25, 0.3) is 0 Å². The molecule has 2 atom stereocenters. The Hall–Kier alpha value is -0.870. The van der Waals surface area contributed by atoms with Gasteiger partial charge in [0.25, 0.3) is 0 Å². The molecule has 0 unspecified atom stereocenters. The van der Waals surface area contributed by atoms with Crippen molar-refractivity contribution in [2.45, 2.75) is 77.6 Å². The Kier molecular flexibility index (Phi) is 13.6. The summed E-state index contributed by atoms with van der Waals surface area (Å²) >= 11 is 0. The van der Waals surface area contributed by atoms with Crippen molar-refractivity contribution in [1.82, 2.24) is 0 Å². The van der Waals surface area contributed by atoms with Crippen molar-refractivity contribution < 1.29 is 19.4 Å². The first kappa shape index (κ1) is 22.2. The minimum atomic E-state index is -0.706. The quantitative estimate of drug-likeness (QED) is 0.305. The number of ether oxygens (including phenoxy) is 2. The lowest BCUT2D eigenvalue weighted by Gasteiger charge is -2.15. The van der Waals surface area contributed by atoms with Crippen molar-refractivity contribution >= 4 is 5.97 Å². The minimum Gasteiger partial charge on any atom is -0.481 e. The molecular weight excluding hydrogens is 316 g/mol. The van der Waals surface area contributed by atoms with E-state index < -0.39 is 5.97 Å².